The molecule has 1 saturated carbocycles. The van der Waals surface area contributed by atoms with Crippen LogP contribution < -0.4 is 16.4 Å². The molecule has 0 bridgehead atoms. The van der Waals surface area contributed by atoms with Gasteiger partial charge in [-0.1, -0.05) is 35.2 Å². The summed E-state index contributed by atoms with van der Waals surface area (Å²) in [5.41, 5.74) is 7.04. The Hall–Kier alpha value is -0.750. The van der Waals surface area contributed by atoms with E-state index >= 15 is 0 Å². The number of halogens is 2. The number of amides is 2. The zero-order valence-corrected chi connectivity index (χ0v) is 13.7. The number of hydrogen-bond acceptors (Lipinski definition) is 2. The van der Waals surface area contributed by atoms with Crippen LogP contribution in [0.3, 0.4) is 0 Å². The average molecular weight is 391 g/mol. The molecule has 0 heterocycles. The zero-order chi connectivity index (χ0) is 13.8. The third kappa shape index (κ3) is 4.11. The predicted molar refractivity (Wildman–Crippen MR) is 85.3 cm³/mol. The minimum Gasteiger partial charge on any atom is -0.397 e. The molecule has 1 fully saturated rings. The zero-order valence-electron chi connectivity index (χ0n) is 10.5. The Kier molecular flexibility index (Phi) is 5.10. The topological polar surface area (TPSA) is 67.1 Å². The number of rotatable bonds is 2. The van der Waals surface area contributed by atoms with Gasteiger partial charge in [0.15, 0.2) is 0 Å². The number of benzene rings is 1. The van der Waals surface area contributed by atoms with Crippen molar-refractivity contribution in [3.8, 4) is 0 Å². The molecule has 2 rings (SSSR count). The molecule has 0 atom stereocenters. The number of nitrogens with two attached hydrogens (primary N) is 1. The minimum atomic E-state index is -0.193. The summed E-state index contributed by atoms with van der Waals surface area (Å²) >= 11 is 6.75. The van der Waals surface area contributed by atoms with Gasteiger partial charge in [0.25, 0.3) is 0 Å². The Balaban J connectivity index is 1.98. The molecule has 0 spiro atoms. The van der Waals surface area contributed by atoms with Crippen LogP contribution in [0.25, 0.3) is 0 Å². The molecule has 2 amide bonds. The Morgan fingerprint density at radius 2 is 1.89 bits per heavy atom. The standard InChI is InChI=1S/C13H17Br2N3O/c14-8-6-10(15)12(11(16)7-8)18-13(19)17-9-4-2-1-3-5-9/h6-7,9H,1-5,16H2,(H2,17,18,19). The van der Waals surface area contributed by atoms with Gasteiger partial charge in [-0.15, -0.1) is 0 Å². The second-order valence-corrected chi connectivity index (χ2v) is 6.56. The van der Waals surface area contributed by atoms with Gasteiger partial charge in [0.2, 0.25) is 0 Å². The SMILES string of the molecule is Nc1cc(Br)cc(Br)c1NC(=O)NC1CCCCC1. The van der Waals surface area contributed by atoms with Crippen molar-refractivity contribution >= 4 is 49.3 Å². The van der Waals surface area contributed by atoms with Gasteiger partial charge in [0.05, 0.1) is 11.4 Å². The first-order valence-electron chi connectivity index (χ1n) is 6.38. The lowest BCUT2D eigenvalue weighted by molar-refractivity contribution is 0.244. The first kappa shape index (κ1) is 14.7. The van der Waals surface area contributed by atoms with Gasteiger partial charge in [-0.25, -0.2) is 4.79 Å². The fourth-order valence-corrected chi connectivity index (χ4v) is 3.66. The van der Waals surface area contributed by atoms with Crippen LogP contribution >= 0.6 is 31.9 Å². The summed E-state index contributed by atoms with van der Waals surface area (Å²) < 4.78 is 1.63. The molecule has 0 radical (unpaired) electrons. The maximum atomic E-state index is 12.0. The highest BCUT2D eigenvalue weighted by Crippen LogP contribution is 2.32. The van der Waals surface area contributed by atoms with Crippen LogP contribution in [-0.4, -0.2) is 12.1 Å². The van der Waals surface area contributed by atoms with E-state index in [-0.39, 0.29) is 12.1 Å². The number of hydrogen-bond donors (Lipinski definition) is 3. The molecule has 6 heteroatoms. The molecular weight excluding hydrogens is 374 g/mol. The minimum absolute atomic E-state index is 0.193. The van der Waals surface area contributed by atoms with Crippen LogP contribution in [0.15, 0.2) is 21.1 Å². The van der Waals surface area contributed by atoms with Crippen LogP contribution in [0.5, 0.6) is 0 Å². The summed E-state index contributed by atoms with van der Waals surface area (Å²) in [5.74, 6) is 0. The van der Waals surface area contributed by atoms with Crippen molar-refractivity contribution in [2.75, 3.05) is 11.1 Å². The van der Waals surface area contributed by atoms with Crippen LogP contribution in [0, 0.1) is 0 Å². The van der Waals surface area contributed by atoms with E-state index in [0.29, 0.717) is 11.4 Å². The number of nitrogens with one attached hydrogen (secondary N) is 2. The molecule has 0 unspecified atom stereocenters. The van der Waals surface area contributed by atoms with Crippen LogP contribution in [-0.2, 0) is 0 Å². The molecule has 19 heavy (non-hydrogen) atoms. The van der Waals surface area contributed by atoms with E-state index in [2.05, 4.69) is 42.5 Å². The van der Waals surface area contributed by atoms with Crippen molar-refractivity contribution < 1.29 is 4.79 Å². The summed E-state index contributed by atoms with van der Waals surface area (Å²) in [6.45, 7) is 0. The number of urea groups is 1. The van der Waals surface area contributed by atoms with Gasteiger partial charge in [-0.05, 0) is 40.9 Å². The highest BCUT2D eigenvalue weighted by atomic mass is 79.9. The predicted octanol–water partition coefficient (Wildman–Crippen LogP) is 4.25. The summed E-state index contributed by atoms with van der Waals surface area (Å²) in [6.07, 6.45) is 5.77. The van der Waals surface area contributed by atoms with E-state index < -0.39 is 0 Å². The number of anilines is 2. The van der Waals surface area contributed by atoms with Gasteiger partial charge in [-0.2, -0.15) is 0 Å². The lowest BCUT2D eigenvalue weighted by atomic mass is 9.96. The normalized spacial score (nSPS) is 16.1. The molecular formula is C13H17Br2N3O. The van der Waals surface area contributed by atoms with Crippen molar-refractivity contribution in [3.63, 3.8) is 0 Å². The fourth-order valence-electron chi connectivity index (χ4n) is 2.31. The largest absolute Gasteiger partial charge is 0.397 e. The van der Waals surface area contributed by atoms with Gasteiger partial charge >= 0.3 is 6.03 Å². The van der Waals surface area contributed by atoms with Crippen molar-refractivity contribution in [1.82, 2.24) is 5.32 Å². The van der Waals surface area contributed by atoms with Gasteiger partial charge in [-0.3, -0.25) is 0 Å². The number of carbonyl (C=O) groups is 1. The smallest absolute Gasteiger partial charge is 0.319 e. The van der Waals surface area contributed by atoms with Gasteiger partial charge in [0.1, 0.15) is 0 Å². The van der Waals surface area contributed by atoms with Crippen LogP contribution in [0.2, 0.25) is 0 Å². The van der Waals surface area contributed by atoms with Gasteiger partial charge < -0.3 is 16.4 Å². The van der Waals surface area contributed by atoms with E-state index in [9.17, 15) is 4.79 Å². The van der Waals surface area contributed by atoms with Crippen LogP contribution in [0.1, 0.15) is 32.1 Å². The van der Waals surface area contributed by atoms with Crippen molar-refractivity contribution in [2.24, 2.45) is 0 Å². The first-order chi connectivity index (χ1) is 9.06. The van der Waals surface area contributed by atoms with Gasteiger partial charge in [0, 0.05) is 15.0 Å². The summed E-state index contributed by atoms with van der Waals surface area (Å²) in [5, 5.41) is 5.81. The lowest BCUT2D eigenvalue weighted by Gasteiger charge is -2.23. The first-order valence-corrected chi connectivity index (χ1v) is 7.97. The van der Waals surface area contributed by atoms with Crippen molar-refractivity contribution in [2.45, 2.75) is 38.1 Å². The Morgan fingerprint density at radius 3 is 2.53 bits per heavy atom. The molecule has 1 aliphatic carbocycles. The van der Waals surface area contributed by atoms with E-state index in [1.807, 2.05) is 6.07 Å². The maximum absolute atomic E-state index is 12.0. The Labute approximate surface area is 129 Å². The Bertz CT molecular complexity index is 450. The van der Waals surface area contributed by atoms with Crippen LogP contribution in [0.4, 0.5) is 16.2 Å². The molecule has 0 saturated heterocycles. The third-order valence-corrected chi connectivity index (χ3v) is 4.35. The highest BCUT2D eigenvalue weighted by Gasteiger charge is 2.17. The number of nitrogen functional groups attached to an aromatic ring is 1. The molecule has 4 nitrogen and oxygen atoms in total. The third-order valence-electron chi connectivity index (χ3n) is 3.26. The van der Waals surface area contributed by atoms with E-state index in [0.717, 1.165) is 21.8 Å². The molecule has 1 aliphatic rings. The second-order valence-electron chi connectivity index (χ2n) is 4.79. The molecule has 1 aromatic carbocycles. The van der Waals surface area contributed by atoms with Crippen molar-refractivity contribution in [3.05, 3.63) is 21.1 Å². The van der Waals surface area contributed by atoms with E-state index in [1.54, 1.807) is 6.07 Å². The highest BCUT2D eigenvalue weighted by molar-refractivity contribution is 9.11. The summed E-state index contributed by atoms with van der Waals surface area (Å²) in [4.78, 5) is 12.0. The lowest BCUT2D eigenvalue weighted by Crippen LogP contribution is -2.39. The monoisotopic (exact) mass is 389 g/mol. The molecule has 104 valence electrons. The number of carbonyl (C=O) groups excluding carboxylic acids is 1. The fraction of sp³-hybridized carbons (Fsp3) is 0.462. The molecule has 4 N–H and O–H groups in total. The molecule has 0 aliphatic heterocycles. The summed E-state index contributed by atoms with van der Waals surface area (Å²) in [6, 6.07) is 3.71. The average Bonchev–Trinajstić information content (AvgIpc) is 2.35. The van der Waals surface area contributed by atoms with Crippen molar-refractivity contribution in [1.29, 1.82) is 0 Å². The molecule has 0 aromatic heterocycles. The Morgan fingerprint density at radius 1 is 1.21 bits per heavy atom. The van der Waals surface area contributed by atoms with E-state index in [1.165, 1.54) is 19.3 Å². The molecule has 1 aromatic rings. The quantitative estimate of drug-likeness (QED) is 0.660. The maximum Gasteiger partial charge on any atom is 0.319 e. The van der Waals surface area contributed by atoms with E-state index in [4.69, 9.17) is 5.73 Å². The second kappa shape index (κ2) is 6.61. The summed E-state index contributed by atoms with van der Waals surface area (Å²) in [7, 11) is 0.